The molecule has 0 radical (unpaired) electrons. The van der Waals surface area contributed by atoms with Gasteiger partial charge in [-0.2, -0.15) is 0 Å². The van der Waals surface area contributed by atoms with Crippen molar-refractivity contribution < 1.29 is 23.8 Å². The van der Waals surface area contributed by atoms with Gasteiger partial charge in [0, 0.05) is 11.7 Å². The van der Waals surface area contributed by atoms with E-state index in [1.165, 1.54) is 0 Å². The Balaban J connectivity index is 1.59. The second-order valence-electron chi connectivity index (χ2n) is 6.16. The Labute approximate surface area is 152 Å². The second kappa shape index (κ2) is 7.91. The molecular weight excluding hydrogens is 334 g/mol. The number of esters is 1. The molecule has 1 atom stereocenters. The number of hydrogen-bond donors (Lipinski definition) is 0. The Bertz CT molecular complexity index is 775. The van der Waals surface area contributed by atoms with E-state index in [1.54, 1.807) is 23.1 Å². The summed E-state index contributed by atoms with van der Waals surface area (Å²) in [4.78, 5) is 26.4. The van der Waals surface area contributed by atoms with Gasteiger partial charge in [-0.25, -0.2) is 4.79 Å². The van der Waals surface area contributed by atoms with Crippen LogP contribution in [0.1, 0.15) is 13.8 Å². The van der Waals surface area contributed by atoms with Gasteiger partial charge in [0.1, 0.15) is 6.61 Å². The molecule has 0 spiro atoms. The standard InChI is InChI=1S/C20H21NO5/c1-14(2)21(15-8-4-3-5-9-15)19(22)13-25-20(23)18-12-24-16-10-6-7-11-17(16)26-18/h3-11,14,18H,12-13H2,1-2H3/t18-/m1/s1. The van der Waals surface area contributed by atoms with E-state index in [-0.39, 0.29) is 25.2 Å². The molecule has 6 nitrogen and oxygen atoms in total. The van der Waals surface area contributed by atoms with Gasteiger partial charge in [0.15, 0.2) is 18.1 Å². The lowest BCUT2D eigenvalue weighted by atomic mass is 10.2. The molecular formula is C20H21NO5. The largest absolute Gasteiger partial charge is 0.485 e. The number of amides is 1. The van der Waals surface area contributed by atoms with E-state index in [2.05, 4.69) is 0 Å². The molecule has 1 aliphatic rings. The molecule has 1 heterocycles. The van der Waals surface area contributed by atoms with Crippen molar-refractivity contribution >= 4 is 17.6 Å². The summed E-state index contributed by atoms with van der Waals surface area (Å²) in [6.07, 6.45) is -0.887. The van der Waals surface area contributed by atoms with Crippen molar-refractivity contribution in [3.05, 3.63) is 54.6 Å². The number of carbonyl (C=O) groups excluding carboxylic acids is 2. The number of fused-ring (bicyclic) bond motifs is 1. The predicted molar refractivity (Wildman–Crippen MR) is 96.4 cm³/mol. The SMILES string of the molecule is CC(C)N(C(=O)COC(=O)[C@H]1COc2ccccc2O1)c1ccccc1. The third-order valence-electron chi connectivity index (χ3n) is 3.93. The monoisotopic (exact) mass is 355 g/mol. The van der Waals surface area contributed by atoms with Crippen molar-refractivity contribution in [3.8, 4) is 11.5 Å². The quantitative estimate of drug-likeness (QED) is 0.772. The summed E-state index contributed by atoms with van der Waals surface area (Å²) >= 11 is 0. The number of benzene rings is 2. The van der Waals surface area contributed by atoms with Crippen molar-refractivity contribution in [2.24, 2.45) is 0 Å². The summed E-state index contributed by atoms with van der Waals surface area (Å²) in [7, 11) is 0. The van der Waals surface area contributed by atoms with Crippen LogP contribution in [0, 0.1) is 0 Å². The fourth-order valence-corrected chi connectivity index (χ4v) is 2.75. The first-order chi connectivity index (χ1) is 12.6. The number of para-hydroxylation sites is 3. The Morgan fingerprint density at radius 3 is 2.42 bits per heavy atom. The van der Waals surface area contributed by atoms with Crippen LogP contribution in [0.2, 0.25) is 0 Å². The topological polar surface area (TPSA) is 65.1 Å². The summed E-state index contributed by atoms with van der Waals surface area (Å²) in [6.45, 7) is 3.51. The summed E-state index contributed by atoms with van der Waals surface area (Å²) in [5, 5.41) is 0. The van der Waals surface area contributed by atoms with Crippen LogP contribution in [-0.4, -0.2) is 37.2 Å². The number of rotatable bonds is 5. The number of anilines is 1. The average molecular weight is 355 g/mol. The Morgan fingerprint density at radius 1 is 1.08 bits per heavy atom. The van der Waals surface area contributed by atoms with E-state index in [0.29, 0.717) is 11.5 Å². The van der Waals surface area contributed by atoms with Crippen molar-refractivity contribution in [1.29, 1.82) is 0 Å². The van der Waals surface area contributed by atoms with Crippen LogP contribution in [0.4, 0.5) is 5.69 Å². The van der Waals surface area contributed by atoms with Gasteiger partial charge in [-0.3, -0.25) is 4.79 Å². The molecule has 2 aromatic rings. The minimum Gasteiger partial charge on any atom is -0.485 e. The van der Waals surface area contributed by atoms with Crippen LogP contribution < -0.4 is 14.4 Å². The van der Waals surface area contributed by atoms with Crippen LogP contribution in [0.25, 0.3) is 0 Å². The molecule has 0 unspecified atom stereocenters. The Kier molecular flexibility index (Phi) is 5.41. The molecule has 0 fully saturated rings. The predicted octanol–water partition coefficient (Wildman–Crippen LogP) is 2.81. The molecule has 0 saturated heterocycles. The number of hydrogen-bond acceptors (Lipinski definition) is 5. The molecule has 3 rings (SSSR count). The van der Waals surface area contributed by atoms with Crippen LogP contribution in [-0.2, 0) is 14.3 Å². The zero-order chi connectivity index (χ0) is 18.5. The molecule has 136 valence electrons. The van der Waals surface area contributed by atoms with E-state index in [0.717, 1.165) is 5.69 Å². The lowest BCUT2D eigenvalue weighted by Gasteiger charge is -2.28. The minimum absolute atomic E-state index is 0.0522. The molecule has 0 aliphatic carbocycles. The summed E-state index contributed by atoms with van der Waals surface area (Å²) in [5.41, 5.74) is 0.759. The van der Waals surface area contributed by atoms with Gasteiger partial charge in [-0.15, -0.1) is 0 Å². The fourth-order valence-electron chi connectivity index (χ4n) is 2.75. The first-order valence-electron chi connectivity index (χ1n) is 8.48. The summed E-state index contributed by atoms with van der Waals surface area (Å²) in [5.74, 6) is 0.157. The molecule has 1 aliphatic heterocycles. The number of ether oxygens (including phenoxy) is 3. The van der Waals surface area contributed by atoms with Crippen molar-refractivity contribution in [1.82, 2.24) is 0 Å². The first-order valence-corrected chi connectivity index (χ1v) is 8.48. The molecule has 0 N–H and O–H groups in total. The summed E-state index contributed by atoms with van der Waals surface area (Å²) in [6, 6.07) is 16.3. The van der Waals surface area contributed by atoms with Crippen molar-refractivity contribution in [2.45, 2.75) is 26.0 Å². The lowest BCUT2D eigenvalue weighted by Crippen LogP contribution is -2.42. The van der Waals surface area contributed by atoms with Crippen LogP contribution >= 0.6 is 0 Å². The lowest BCUT2D eigenvalue weighted by molar-refractivity contribution is -0.157. The van der Waals surface area contributed by atoms with Gasteiger partial charge in [0.25, 0.3) is 5.91 Å². The third-order valence-corrected chi connectivity index (χ3v) is 3.93. The molecule has 0 bridgehead atoms. The van der Waals surface area contributed by atoms with Crippen LogP contribution in [0.3, 0.4) is 0 Å². The van der Waals surface area contributed by atoms with Gasteiger partial charge in [0.2, 0.25) is 6.10 Å². The summed E-state index contributed by atoms with van der Waals surface area (Å²) < 4.78 is 16.3. The zero-order valence-corrected chi connectivity index (χ0v) is 14.8. The van der Waals surface area contributed by atoms with Gasteiger partial charge in [-0.05, 0) is 38.1 Å². The molecule has 26 heavy (non-hydrogen) atoms. The molecule has 2 aromatic carbocycles. The average Bonchev–Trinajstić information content (AvgIpc) is 2.66. The van der Waals surface area contributed by atoms with Gasteiger partial charge in [0.05, 0.1) is 0 Å². The minimum atomic E-state index is -0.887. The van der Waals surface area contributed by atoms with Crippen LogP contribution in [0.5, 0.6) is 11.5 Å². The smallest absolute Gasteiger partial charge is 0.351 e. The van der Waals surface area contributed by atoms with Gasteiger partial charge >= 0.3 is 5.97 Å². The van der Waals surface area contributed by atoms with E-state index in [9.17, 15) is 9.59 Å². The third kappa shape index (κ3) is 3.96. The van der Waals surface area contributed by atoms with Gasteiger partial charge < -0.3 is 19.1 Å². The molecule has 1 amide bonds. The van der Waals surface area contributed by atoms with E-state index >= 15 is 0 Å². The highest BCUT2D eigenvalue weighted by Gasteiger charge is 2.30. The molecule has 0 saturated carbocycles. The highest BCUT2D eigenvalue weighted by atomic mass is 16.6. The van der Waals surface area contributed by atoms with Gasteiger partial charge in [-0.1, -0.05) is 30.3 Å². The number of nitrogens with zero attached hydrogens (tertiary/aromatic N) is 1. The highest BCUT2D eigenvalue weighted by molar-refractivity contribution is 5.95. The fraction of sp³-hybridized carbons (Fsp3) is 0.300. The second-order valence-corrected chi connectivity index (χ2v) is 6.16. The maximum absolute atomic E-state index is 12.5. The van der Waals surface area contributed by atoms with E-state index < -0.39 is 12.1 Å². The van der Waals surface area contributed by atoms with E-state index in [1.807, 2.05) is 50.2 Å². The zero-order valence-electron chi connectivity index (χ0n) is 14.8. The van der Waals surface area contributed by atoms with E-state index in [4.69, 9.17) is 14.2 Å². The highest BCUT2D eigenvalue weighted by Crippen LogP contribution is 2.31. The normalized spacial score (nSPS) is 15.4. The Hall–Kier alpha value is -3.02. The first kappa shape index (κ1) is 17.8. The molecule has 0 aromatic heterocycles. The maximum atomic E-state index is 12.5. The Morgan fingerprint density at radius 2 is 1.73 bits per heavy atom. The van der Waals surface area contributed by atoms with Crippen molar-refractivity contribution in [2.75, 3.05) is 18.1 Å². The van der Waals surface area contributed by atoms with Crippen LogP contribution in [0.15, 0.2) is 54.6 Å². The molecule has 6 heteroatoms. The number of carbonyl (C=O) groups is 2. The maximum Gasteiger partial charge on any atom is 0.351 e. The van der Waals surface area contributed by atoms with Crippen molar-refractivity contribution in [3.63, 3.8) is 0 Å².